The number of unbranched alkanes of at least 4 members (excludes halogenated alkanes) is 1. The van der Waals surface area contributed by atoms with Gasteiger partial charge in [-0.3, -0.25) is 4.98 Å². The molecule has 0 unspecified atom stereocenters. The van der Waals surface area contributed by atoms with Gasteiger partial charge in [-0.2, -0.15) is 0 Å². The molecule has 0 bridgehead atoms. The first-order valence-corrected chi connectivity index (χ1v) is 6.54. The molecule has 0 atom stereocenters. The molecule has 16 heavy (non-hydrogen) atoms. The average molecular weight is 219 g/mol. The number of aryl methyl sites for hydroxylation is 1. The molecule has 0 saturated heterocycles. The monoisotopic (exact) mass is 219 g/mol. The number of pyridine rings is 1. The van der Waals surface area contributed by atoms with Crippen molar-refractivity contribution in [2.45, 2.75) is 59.3 Å². The topological polar surface area (TPSA) is 12.9 Å². The summed E-state index contributed by atoms with van der Waals surface area (Å²) in [4.78, 5) is 4.49. The van der Waals surface area contributed by atoms with Crippen molar-refractivity contribution in [2.75, 3.05) is 0 Å². The molecule has 0 fully saturated rings. The van der Waals surface area contributed by atoms with Gasteiger partial charge in [0.15, 0.2) is 0 Å². The molecule has 1 rings (SSSR count). The van der Waals surface area contributed by atoms with E-state index in [4.69, 9.17) is 0 Å². The van der Waals surface area contributed by atoms with Gasteiger partial charge in [0.1, 0.15) is 0 Å². The van der Waals surface area contributed by atoms with E-state index in [1.165, 1.54) is 36.9 Å². The van der Waals surface area contributed by atoms with E-state index in [1.807, 2.05) is 6.20 Å². The Hall–Kier alpha value is -0.850. The Labute approximate surface area is 100 Å². The molecule has 1 nitrogen and oxygen atoms in total. The maximum Gasteiger partial charge on any atom is 0.0429 e. The van der Waals surface area contributed by atoms with Gasteiger partial charge in [0, 0.05) is 11.9 Å². The first-order chi connectivity index (χ1) is 7.59. The second kappa shape index (κ2) is 6.67. The SMILES string of the molecule is CC(C)CCCCc1ccc(C(C)C)nc1. The van der Waals surface area contributed by atoms with Gasteiger partial charge in [-0.25, -0.2) is 0 Å². The molecule has 1 heteroatoms. The molecule has 0 aliphatic carbocycles. The Kier molecular flexibility index (Phi) is 5.51. The fourth-order valence-corrected chi connectivity index (χ4v) is 1.81. The Bertz CT molecular complexity index is 285. The summed E-state index contributed by atoms with van der Waals surface area (Å²) in [5.41, 5.74) is 2.58. The van der Waals surface area contributed by atoms with Crippen molar-refractivity contribution in [2.24, 2.45) is 5.92 Å². The van der Waals surface area contributed by atoms with Crippen molar-refractivity contribution in [3.8, 4) is 0 Å². The second-order valence-corrected chi connectivity index (χ2v) is 5.39. The highest BCUT2D eigenvalue weighted by Gasteiger charge is 2.01. The molecule has 1 aromatic heterocycles. The molecule has 1 heterocycles. The van der Waals surface area contributed by atoms with Gasteiger partial charge in [0.25, 0.3) is 0 Å². The lowest BCUT2D eigenvalue weighted by Gasteiger charge is -2.06. The Morgan fingerprint density at radius 3 is 2.31 bits per heavy atom. The van der Waals surface area contributed by atoms with Gasteiger partial charge in [-0.15, -0.1) is 0 Å². The summed E-state index contributed by atoms with van der Waals surface area (Å²) in [6.07, 6.45) is 7.20. The van der Waals surface area contributed by atoms with E-state index in [9.17, 15) is 0 Å². The number of nitrogens with zero attached hydrogens (tertiary/aromatic N) is 1. The molecule has 1 aromatic rings. The third kappa shape index (κ3) is 4.78. The van der Waals surface area contributed by atoms with Crippen molar-refractivity contribution in [1.29, 1.82) is 0 Å². The average Bonchev–Trinajstić information content (AvgIpc) is 2.25. The predicted octanol–water partition coefficient (Wildman–Crippen LogP) is 4.57. The summed E-state index contributed by atoms with van der Waals surface area (Å²) in [6, 6.07) is 4.40. The van der Waals surface area contributed by atoms with Crippen molar-refractivity contribution < 1.29 is 0 Å². The molecule has 0 aliphatic rings. The van der Waals surface area contributed by atoms with E-state index in [0.717, 1.165) is 5.92 Å². The van der Waals surface area contributed by atoms with Gasteiger partial charge in [-0.1, -0.05) is 46.6 Å². The number of aromatic nitrogens is 1. The van der Waals surface area contributed by atoms with E-state index in [-0.39, 0.29) is 0 Å². The van der Waals surface area contributed by atoms with Crippen LogP contribution in [0.5, 0.6) is 0 Å². The first kappa shape index (κ1) is 13.2. The number of rotatable bonds is 6. The fourth-order valence-electron chi connectivity index (χ4n) is 1.81. The van der Waals surface area contributed by atoms with Crippen LogP contribution in [0.1, 0.15) is 64.1 Å². The molecule has 90 valence electrons. The largest absolute Gasteiger partial charge is 0.261 e. The van der Waals surface area contributed by atoms with Crippen LogP contribution in [-0.4, -0.2) is 4.98 Å². The lowest BCUT2D eigenvalue weighted by atomic mass is 10.0. The molecule has 0 aromatic carbocycles. The van der Waals surface area contributed by atoms with Crippen LogP contribution in [0.4, 0.5) is 0 Å². The summed E-state index contributed by atoms with van der Waals surface area (Å²) in [5, 5.41) is 0. The van der Waals surface area contributed by atoms with Crippen LogP contribution in [0.25, 0.3) is 0 Å². The minimum absolute atomic E-state index is 0.537. The van der Waals surface area contributed by atoms with Gasteiger partial charge in [0.05, 0.1) is 0 Å². The summed E-state index contributed by atoms with van der Waals surface area (Å²) in [7, 11) is 0. The van der Waals surface area contributed by atoms with E-state index in [2.05, 4.69) is 44.8 Å². The Balaban J connectivity index is 2.32. The zero-order valence-corrected chi connectivity index (χ0v) is 11.2. The van der Waals surface area contributed by atoms with E-state index < -0.39 is 0 Å². The fraction of sp³-hybridized carbons (Fsp3) is 0.667. The van der Waals surface area contributed by atoms with Gasteiger partial charge >= 0.3 is 0 Å². The van der Waals surface area contributed by atoms with Gasteiger partial charge in [0.2, 0.25) is 0 Å². The minimum Gasteiger partial charge on any atom is -0.261 e. The summed E-state index contributed by atoms with van der Waals surface area (Å²) >= 11 is 0. The van der Waals surface area contributed by atoms with Crippen LogP contribution >= 0.6 is 0 Å². The van der Waals surface area contributed by atoms with Gasteiger partial charge in [-0.05, 0) is 36.3 Å². The highest BCUT2D eigenvalue weighted by molar-refractivity contribution is 5.16. The smallest absolute Gasteiger partial charge is 0.0429 e. The molecule has 0 amide bonds. The van der Waals surface area contributed by atoms with Crippen LogP contribution in [-0.2, 0) is 6.42 Å². The highest BCUT2D eigenvalue weighted by atomic mass is 14.7. The first-order valence-electron chi connectivity index (χ1n) is 6.54. The normalized spacial score (nSPS) is 11.4. The molecule has 0 spiro atoms. The second-order valence-electron chi connectivity index (χ2n) is 5.39. The maximum atomic E-state index is 4.49. The lowest BCUT2D eigenvalue weighted by molar-refractivity contribution is 0.538. The third-order valence-electron chi connectivity index (χ3n) is 2.94. The highest BCUT2D eigenvalue weighted by Crippen LogP contribution is 2.14. The van der Waals surface area contributed by atoms with Crippen molar-refractivity contribution in [3.63, 3.8) is 0 Å². The maximum absolute atomic E-state index is 4.49. The van der Waals surface area contributed by atoms with E-state index in [0.29, 0.717) is 5.92 Å². The molecular formula is C15H25N. The molecule has 0 saturated carbocycles. The van der Waals surface area contributed by atoms with Crippen LogP contribution in [0, 0.1) is 5.92 Å². The predicted molar refractivity (Wildman–Crippen MR) is 70.7 cm³/mol. The standard InChI is InChI=1S/C15H25N/c1-12(2)7-5-6-8-14-9-10-15(13(3)4)16-11-14/h9-13H,5-8H2,1-4H3. The van der Waals surface area contributed by atoms with Crippen LogP contribution in [0.15, 0.2) is 18.3 Å². The molecule has 0 radical (unpaired) electrons. The van der Waals surface area contributed by atoms with Gasteiger partial charge < -0.3 is 0 Å². The van der Waals surface area contributed by atoms with Crippen LogP contribution < -0.4 is 0 Å². The van der Waals surface area contributed by atoms with Crippen molar-refractivity contribution in [1.82, 2.24) is 4.98 Å². The van der Waals surface area contributed by atoms with Crippen molar-refractivity contribution in [3.05, 3.63) is 29.6 Å². The van der Waals surface area contributed by atoms with Crippen LogP contribution in [0.3, 0.4) is 0 Å². The minimum atomic E-state index is 0.537. The summed E-state index contributed by atoms with van der Waals surface area (Å²) in [6.45, 7) is 8.95. The molecular weight excluding hydrogens is 194 g/mol. The molecule has 0 aliphatic heterocycles. The van der Waals surface area contributed by atoms with E-state index in [1.54, 1.807) is 0 Å². The quantitative estimate of drug-likeness (QED) is 0.638. The zero-order chi connectivity index (χ0) is 12.0. The van der Waals surface area contributed by atoms with Crippen LogP contribution in [0.2, 0.25) is 0 Å². The Morgan fingerprint density at radius 1 is 1.06 bits per heavy atom. The summed E-state index contributed by atoms with van der Waals surface area (Å²) in [5.74, 6) is 1.37. The Morgan fingerprint density at radius 2 is 1.81 bits per heavy atom. The summed E-state index contributed by atoms with van der Waals surface area (Å²) < 4.78 is 0. The lowest BCUT2D eigenvalue weighted by Crippen LogP contribution is -1.95. The number of hydrogen-bond donors (Lipinski definition) is 0. The van der Waals surface area contributed by atoms with E-state index >= 15 is 0 Å². The molecule has 0 N–H and O–H groups in total. The number of hydrogen-bond acceptors (Lipinski definition) is 1. The zero-order valence-electron chi connectivity index (χ0n) is 11.2. The third-order valence-corrected chi connectivity index (χ3v) is 2.94. The van der Waals surface area contributed by atoms with Crippen molar-refractivity contribution >= 4 is 0 Å².